The zero-order valence-corrected chi connectivity index (χ0v) is 13.3. The number of nitrogens with one attached hydrogen (secondary N) is 1. The largest absolute Gasteiger partial charge is 0.355 e. The third-order valence-corrected chi connectivity index (χ3v) is 4.74. The van der Waals surface area contributed by atoms with Gasteiger partial charge in [-0.1, -0.05) is 19.3 Å². The molecule has 4 amide bonds. The van der Waals surface area contributed by atoms with Crippen LogP contribution in [0.2, 0.25) is 0 Å². The van der Waals surface area contributed by atoms with Gasteiger partial charge in [0.1, 0.15) is 12.1 Å². The van der Waals surface area contributed by atoms with Crippen LogP contribution in [0.1, 0.15) is 44.9 Å². The van der Waals surface area contributed by atoms with Gasteiger partial charge in [-0.2, -0.15) is 0 Å². The summed E-state index contributed by atoms with van der Waals surface area (Å²) in [5, 5.41) is 2.73. The lowest BCUT2D eigenvalue weighted by atomic mass is 9.81. The molecule has 0 aromatic rings. The predicted octanol–water partition coefficient (Wildman–Crippen LogP) is 0.438. The number of rotatable bonds is 6. The van der Waals surface area contributed by atoms with Crippen molar-refractivity contribution < 1.29 is 14.4 Å². The molecule has 7 heteroatoms. The van der Waals surface area contributed by atoms with Gasteiger partial charge in [-0.15, -0.1) is 0 Å². The number of nitrogens with two attached hydrogens (primary N) is 1. The summed E-state index contributed by atoms with van der Waals surface area (Å²) < 4.78 is 0. The van der Waals surface area contributed by atoms with E-state index in [-0.39, 0.29) is 24.4 Å². The molecule has 2 rings (SSSR count). The summed E-state index contributed by atoms with van der Waals surface area (Å²) in [7, 11) is 1.67. The Kier molecular flexibility index (Phi) is 5.39. The number of likely N-dealkylation sites (N-methyl/N-ethyl adjacent to an activating group) is 1. The Bertz CT molecular complexity index is 446. The monoisotopic (exact) mass is 310 g/mol. The maximum Gasteiger partial charge on any atom is 0.327 e. The lowest BCUT2D eigenvalue weighted by molar-refractivity contribution is -0.137. The molecule has 0 unspecified atom stereocenters. The normalized spacial score (nSPS) is 20.8. The molecule has 0 bridgehead atoms. The lowest BCUT2D eigenvalue weighted by Gasteiger charge is -2.35. The molecule has 124 valence electrons. The molecule has 1 spiro atoms. The molecule has 1 saturated carbocycles. The Hall–Kier alpha value is -1.63. The molecule has 1 saturated heterocycles. The first-order valence-electron chi connectivity index (χ1n) is 8.09. The van der Waals surface area contributed by atoms with E-state index in [1.165, 1.54) is 4.90 Å². The molecule has 7 nitrogen and oxygen atoms in total. The molecular formula is C15H26N4O3. The Morgan fingerprint density at radius 1 is 1.23 bits per heavy atom. The summed E-state index contributed by atoms with van der Waals surface area (Å²) in [5.41, 5.74) is 4.68. The molecule has 2 fully saturated rings. The van der Waals surface area contributed by atoms with Crippen LogP contribution < -0.4 is 11.1 Å². The fourth-order valence-corrected chi connectivity index (χ4v) is 3.37. The fourth-order valence-electron chi connectivity index (χ4n) is 3.37. The van der Waals surface area contributed by atoms with Crippen molar-refractivity contribution in [2.24, 2.45) is 5.73 Å². The summed E-state index contributed by atoms with van der Waals surface area (Å²) in [6.07, 6.45) is 6.02. The van der Waals surface area contributed by atoms with E-state index in [2.05, 4.69) is 5.32 Å². The van der Waals surface area contributed by atoms with Crippen molar-refractivity contribution in [3.05, 3.63) is 0 Å². The smallest absolute Gasteiger partial charge is 0.327 e. The van der Waals surface area contributed by atoms with Crippen LogP contribution in [0, 0.1) is 0 Å². The summed E-state index contributed by atoms with van der Waals surface area (Å²) in [5.74, 6) is -0.503. The molecule has 0 aromatic heterocycles. The van der Waals surface area contributed by atoms with Gasteiger partial charge in [0.2, 0.25) is 5.91 Å². The number of amides is 4. The maximum atomic E-state index is 12.7. The highest BCUT2D eigenvalue weighted by molar-refractivity contribution is 6.08. The number of carbonyl (C=O) groups is 3. The zero-order chi connectivity index (χ0) is 16.2. The van der Waals surface area contributed by atoms with E-state index < -0.39 is 5.54 Å². The second-order valence-corrected chi connectivity index (χ2v) is 6.17. The standard InChI is InChI=1S/C15H26N4O3/c1-18-14(22)19(11-12(20)17-10-6-5-9-16)13(21)15(18)7-3-2-4-8-15/h2-11,16H2,1H3,(H,17,20). The highest BCUT2D eigenvalue weighted by Crippen LogP contribution is 2.39. The van der Waals surface area contributed by atoms with E-state index in [0.29, 0.717) is 25.9 Å². The van der Waals surface area contributed by atoms with Crippen molar-refractivity contribution in [2.75, 3.05) is 26.7 Å². The van der Waals surface area contributed by atoms with Gasteiger partial charge in [0, 0.05) is 13.6 Å². The van der Waals surface area contributed by atoms with Gasteiger partial charge in [-0.3, -0.25) is 14.5 Å². The molecule has 1 heterocycles. The number of nitrogens with zero attached hydrogens (tertiary/aromatic N) is 2. The Morgan fingerprint density at radius 3 is 2.55 bits per heavy atom. The minimum Gasteiger partial charge on any atom is -0.355 e. The Balaban J connectivity index is 1.95. The number of urea groups is 1. The van der Waals surface area contributed by atoms with Crippen LogP contribution in [-0.2, 0) is 9.59 Å². The van der Waals surface area contributed by atoms with Crippen molar-refractivity contribution in [1.29, 1.82) is 0 Å². The molecule has 1 aliphatic carbocycles. The number of hydrogen-bond acceptors (Lipinski definition) is 4. The quantitative estimate of drug-likeness (QED) is 0.549. The number of hydrogen-bond donors (Lipinski definition) is 2. The van der Waals surface area contributed by atoms with Gasteiger partial charge in [-0.05, 0) is 32.2 Å². The van der Waals surface area contributed by atoms with Crippen LogP contribution >= 0.6 is 0 Å². The molecule has 0 radical (unpaired) electrons. The molecule has 2 aliphatic rings. The van der Waals surface area contributed by atoms with Crippen molar-refractivity contribution in [1.82, 2.24) is 15.1 Å². The lowest BCUT2D eigenvalue weighted by Crippen LogP contribution is -2.49. The third kappa shape index (κ3) is 3.09. The second-order valence-electron chi connectivity index (χ2n) is 6.17. The number of unbranched alkanes of at least 4 members (excludes halogenated alkanes) is 1. The first-order chi connectivity index (χ1) is 10.5. The van der Waals surface area contributed by atoms with Crippen LogP contribution in [0.15, 0.2) is 0 Å². The molecule has 1 aliphatic heterocycles. The summed E-state index contributed by atoms with van der Waals surface area (Å²) in [6.45, 7) is 0.923. The maximum absolute atomic E-state index is 12.7. The van der Waals surface area contributed by atoms with Crippen molar-refractivity contribution in [3.8, 4) is 0 Å². The average molecular weight is 310 g/mol. The zero-order valence-electron chi connectivity index (χ0n) is 13.3. The van der Waals surface area contributed by atoms with E-state index in [9.17, 15) is 14.4 Å². The highest BCUT2D eigenvalue weighted by atomic mass is 16.2. The Morgan fingerprint density at radius 2 is 1.91 bits per heavy atom. The second kappa shape index (κ2) is 7.09. The number of carbonyl (C=O) groups excluding carboxylic acids is 3. The van der Waals surface area contributed by atoms with Crippen molar-refractivity contribution in [3.63, 3.8) is 0 Å². The predicted molar refractivity (Wildman–Crippen MR) is 82.0 cm³/mol. The SMILES string of the molecule is CN1C(=O)N(CC(=O)NCCCCN)C(=O)C12CCCCC2. The van der Waals surface area contributed by atoms with E-state index in [0.717, 1.165) is 37.0 Å². The third-order valence-electron chi connectivity index (χ3n) is 4.74. The first kappa shape index (κ1) is 16.7. The molecule has 3 N–H and O–H groups in total. The fraction of sp³-hybridized carbons (Fsp3) is 0.800. The van der Waals surface area contributed by atoms with Gasteiger partial charge in [0.05, 0.1) is 0 Å². The summed E-state index contributed by atoms with van der Waals surface area (Å²) in [4.78, 5) is 39.6. The minimum atomic E-state index is -0.713. The average Bonchev–Trinajstić information content (AvgIpc) is 2.69. The van der Waals surface area contributed by atoms with E-state index in [4.69, 9.17) is 5.73 Å². The summed E-state index contributed by atoms with van der Waals surface area (Å²) in [6, 6.07) is -0.357. The Labute approximate surface area is 131 Å². The van der Waals surface area contributed by atoms with Crippen molar-refractivity contribution >= 4 is 17.8 Å². The summed E-state index contributed by atoms with van der Waals surface area (Å²) >= 11 is 0. The molecule has 0 aromatic carbocycles. The first-order valence-corrected chi connectivity index (χ1v) is 8.09. The van der Waals surface area contributed by atoms with Crippen molar-refractivity contribution in [2.45, 2.75) is 50.5 Å². The van der Waals surface area contributed by atoms with E-state index >= 15 is 0 Å². The highest BCUT2D eigenvalue weighted by Gasteiger charge is 2.55. The van der Waals surface area contributed by atoms with E-state index in [1.54, 1.807) is 7.05 Å². The van der Waals surface area contributed by atoms with E-state index in [1.807, 2.05) is 0 Å². The van der Waals surface area contributed by atoms with Gasteiger partial charge >= 0.3 is 6.03 Å². The van der Waals surface area contributed by atoms with Gasteiger partial charge in [0.25, 0.3) is 5.91 Å². The topological polar surface area (TPSA) is 95.7 Å². The van der Waals surface area contributed by atoms with Gasteiger partial charge in [0.15, 0.2) is 0 Å². The van der Waals surface area contributed by atoms with Gasteiger partial charge in [-0.25, -0.2) is 4.79 Å². The minimum absolute atomic E-state index is 0.188. The molecular weight excluding hydrogens is 284 g/mol. The molecule has 22 heavy (non-hydrogen) atoms. The molecule has 0 atom stereocenters. The van der Waals surface area contributed by atoms with Gasteiger partial charge < -0.3 is 16.0 Å². The van der Waals surface area contributed by atoms with Crippen LogP contribution in [-0.4, -0.2) is 59.9 Å². The van der Waals surface area contributed by atoms with Crippen LogP contribution in [0.3, 0.4) is 0 Å². The van der Waals surface area contributed by atoms with Crippen LogP contribution in [0.4, 0.5) is 4.79 Å². The van der Waals surface area contributed by atoms with Crippen LogP contribution in [0.5, 0.6) is 0 Å². The van der Waals surface area contributed by atoms with Crippen LogP contribution in [0.25, 0.3) is 0 Å². The number of imide groups is 1.